The predicted molar refractivity (Wildman–Crippen MR) is 120 cm³/mol. The van der Waals surface area contributed by atoms with Crippen LogP contribution in [0.5, 0.6) is 0 Å². The molecule has 1 fully saturated rings. The van der Waals surface area contributed by atoms with Crippen LogP contribution in [0.2, 0.25) is 0 Å². The number of nitrogen functional groups attached to an aromatic ring is 1. The quantitative estimate of drug-likeness (QED) is 0.543. The van der Waals surface area contributed by atoms with E-state index in [0.29, 0.717) is 30.9 Å². The fourth-order valence-corrected chi connectivity index (χ4v) is 4.03. The van der Waals surface area contributed by atoms with Gasteiger partial charge in [0.05, 0.1) is 41.2 Å². The Bertz CT molecular complexity index is 1150. The Morgan fingerprint density at radius 2 is 1.91 bits per heavy atom. The van der Waals surface area contributed by atoms with Crippen molar-refractivity contribution in [3.63, 3.8) is 0 Å². The van der Waals surface area contributed by atoms with E-state index in [2.05, 4.69) is 15.3 Å². The first-order valence-corrected chi connectivity index (χ1v) is 10.4. The number of halogens is 3. The van der Waals surface area contributed by atoms with Crippen LogP contribution in [0, 0.1) is 17.6 Å². The highest BCUT2D eigenvalue weighted by Gasteiger charge is 2.27. The van der Waals surface area contributed by atoms with E-state index in [1.807, 2.05) is 4.90 Å². The Morgan fingerprint density at radius 3 is 2.64 bits per heavy atom. The van der Waals surface area contributed by atoms with Gasteiger partial charge in [-0.1, -0.05) is 6.07 Å². The van der Waals surface area contributed by atoms with Gasteiger partial charge in [0.1, 0.15) is 11.6 Å². The maximum atomic E-state index is 14.2. The summed E-state index contributed by atoms with van der Waals surface area (Å²) in [7, 11) is 0. The molecular weight excluding hydrogens is 433 g/mol. The third-order valence-corrected chi connectivity index (χ3v) is 5.54. The third kappa shape index (κ3) is 4.75. The fraction of sp³-hybridized carbons (Fsp3) is 0.261. The number of anilines is 3. The minimum atomic E-state index is -0.808. The summed E-state index contributed by atoms with van der Waals surface area (Å²) >= 11 is 0. The van der Waals surface area contributed by atoms with E-state index >= 15 is 0 Å². The molecule has 4 rings (SSSR count). The summed E-state index contributed by atoms with van der Waals surface area (Å²) in [5, 5.41) is 2.71. The van der Waals surface area contributed by atoms with Crippen molar-refractivity contribution in [1.29, 1.82) is 0 Å². The second-order valence-electron chi connectivity index (χ2n) is 8.00. The maximum absolute atomic E-state index is 14.2. The lowest BCUT2D eigenvalue weighted by molar-refractivity contribution is 0.102. The number of carbonyl (C=O) groups is 1. The second kappa shape index (κ2) is 9.45. The van der Waals surface area contributed by atoms with E-state index in [4.69, 9.17) is 11.5 Å². The SMILES string of the molecule is Nc1ccc(-c2c(F)cccc2F)nc1C(=O)Nc1cnccc1N1CC(N)CC(CF)C1. The van der Waals surface area contributed by atoms with Crippen LogP contribution in [-0.2, 0) is 0 Å². The fourth-order valence-electron chi connectivity index (χ4n) is 4.03. The highest BCUT2D eigenvalue weighted by atomic mass is 19.1. The number of alkyl halides is 1. The molecule has 3 heterocycles. The first kappa shape index (κ1) is 22.5. The lowest BCUT2D eigenvalue weighted by Crippen LogP contribution is -2.48. The molecule has 7 nitrogen and oxygen atoms in total. The van der Waals surface area contributed by atoms with Crippen LogP contribution >= 0.6 is 0 Å². The highest BCUT2D eigenvalue weighted by molar-refractivity contribution is 6.07. The minimum Gasteiger partial charge on any atom is -0.397 e. The number of piperidine rings is 1. The van der Waals surface area contributed by atoms with Gasteiger partial charge in [0.25, 0.3) is 5.91 Å². The lowest BCUT2D eigenvalue weighted by atomic mass is 9.95. The van der Waals surface area contributed by atoms with Gasteiger partial charge < -0.3 is 21.7 Å². The standard InChI is InChI=1S/C23H23F3N6O/c24-9-13-8-14(27)12-32(11-13)20-6-7-29-10-19(20)31-23(33)22-17(28)4-5-18(30-22)21-15(25)2-1-3-16(21)26/h1-7,10,13-14H,8-9,11-12,27-28H2,(H,31,33). The van der Waals surface area contributed by atoms with Crippen LogP contribution in [-0.4, -0.2) is 41.7 Å². The zero-order chi connectivity index (χ0) is 23.5. The van der Waals surface area contributed by atoms with Crippen molar-refractivity contribution in [2.24, 2.45) is 11.7 Å². The molecule has 33 heavy (non-hydrogen) atoms. The van der Waals surface area contributed by atoms with Crippen molar-refractivity contribution in [2.75, 3.05) is 35.7 Å². The predicted octanol–water partition coefficient (Wildman–Crippen LogP) is 3.38. The molecule has 2 unspecified atom stereocenters. The molecule has 1 aliphatic heterocycles. The van der Waals surface area contributed by atoms with Gasteiger partial charge in [-0.2, -0.15) is 0 Å². The average molecular weight is 456 g/mol. The van der Waals surface area contributed by atoms with Crippen molar-refractivity contribution in [2.45, 2.75) is 12.5 Å². The van der Waals surface area contributed by atoms with Gasteiger partial charge in [0.15, 0.2) is 5.69 Å². The van der Waals surface area contributed by atoms with Gasteiger partial charge in [-0.15, -0.1) is 0 Å². The van der Waals surface area contributed by atoms with E-state index in [1.54, 1.807) is 12.3 Å². The summed E-state index contributed by atoms with van der Waals surface area (Å²) in [4.78, 5) is 23.1. The Kier molecular flexibility index (Phi) is 6.45. The van der Waals surface area contributed by atoms with Gasteiger partial charge in [-0.3, -0.25) is 14.2 Å². The van der Waals surface area contributed by atoms with E-state index < -0.39 is 24.2 Å². The molecular formula is C23H23F3N6O. The summed E-state index contributed by atoms with van der Waals surface area (Å²) in [5.41, 5.74) is 12.4. The van der Waals surface area contributed by atoms with Crippen LogP contribution in [0.15, 0.2) is 48.8 Å². The van der Waals surface area contributed by atoms with Crippen LogP contribution in [0.4, 0.5) is 30.2 Å². The van der Waals surface area contributed by atoms with Crippen molar-refractivity contribution < 1.29 is 18.0 Å². The topological polar surface area (TPSA) is 110 Å². The molecule has 3 aromatic rings. The van der Waals surface area contributed by atoms with Crippen LogP contribution in [0.1, 0.15) is 16.9 Å². The third-order valence-electron chi connectivity index (χ3n) is 5.54. The van der Waals surface area contributed by atoms with E-state index in [1.165, 1.54) is 24.4 Å². The molecule has 1 amide bonds. The van der Waals surface area contributed by atoms with Gasteiger partial charge >= 0.3 is 0 Å². The molecule has 0 bridgehead atoms. The zero-order valence-electron chi connectivity index (χ0n) is 17.6. The molecule has 5 N–H and O–H groups in total. The molecule has 1 aromatic carbocycles. The molecule has 1 saturated heterocycles. The number of carbonyl (C=O) groups excluding carboxylic acids is 1. The van der Waals surface area contributed by atoms with Gasteiger partial charge in [0, 0.05) is 31.2 Å². The first-order valence-electron chi connectivity index (χ1n) is 10.4. The minimum absolute atomic E-state index is 0.0379. The molecule has 0 radical (unpaired) electrons. The molecule has 0 saturated carbocycles. The van der Waals surface area contributed by atoms with Crippen LogP contribution < -0.4 is 21.7 Å². The Morgan fingerprint density at radius 1 is 1.15 bits per heavy atom. The number of aromatic nitrogens is 2. The molecule has 2 aromatic heterocycles. The Hall–Kier alpha value is -3.66. The van der Waals surface area contributed by atoms with Gasteiger partial charge in [-0.25, -0.2) is 13.8 Å². The summed E-state index contributed by atoms with van der Waals surface area (Å²) in [6.07, 6.45) is 3.60. The average Bonchev–Trinajstić information content (AvgIpc) is 2.79. The number of nitrogens with zero attached hydrogens (tertiary/aromatic N) is 3. The summed E-state index contributed by atoms with van der Waals surface area (Å²) < 4.78 is 41.7. The molecule has 0 aliphatic carbocycles. The molecule has 2 atom stereocenters. The summed E-state index contributed by atoms with van der Waals surface area (Å²) in [6.45, 7) is 0.447. The number of benzene rings is 1. The summed E-state index contributed by atoms with van der Waals surface area (Å²) in [5.74, 6) is -2.51. The van der Waals surface area contributed by atoms with Crippen LogP contribution in [0.3, 0.4) is 0 Å². The Balaban J connectivity index is 1.64. The smallest absolute Gasteiger partial charge is 0.276 e. The number of nitrogens with one attached hydrogen (secondary N) is 1. The van der Waals surface area contributed by atoms with E-state index in [-0.39, 0.29) is 34.6 Å². The first-order chi connectivity index (χ1) is 15.9. The Labute approximate surface area is 188 Å². The van der Waals surface area contributed by atoms with Gasteiger partial charge in [0.2, 0.25) is 0 Å². The largest absolute Gasteiger partial charge is 0.397 e. The number of amides is 1. The van der Waals surface area contributed by atoms with Crippen molar-refractivity contribution in [1.82, 2.24) is 9.97 Å². The second-order valence-corrected chi connectivity index (χ2v) is 8.00. The molecule has 172 valence electrons. The lowest BCUT2D eigenvalue weighted by Gasteiger charge is -2.37. The van der Waals surface area contributed by atoms with Crippen molar-refractivity contribution in [3.8, 4) is 11.3 Å². The number of nitrogens with two attached hydrogens (primary N) is 2. The maximum Gasteiger partial charge on any atom is 0.276 e. The van der Waals surface area contributed by atoms with Gasteiger partial charge in [-0.05, 0) is 36.8 Å². The van der Waals surface area contributed by atoms with Crippen LogP contribution in [0.25, 0.3) is 11.3 Å². The highest BCUT2D eigenvalue weighted by Crippen LogP contribution is 2.30. The molecule has 0 spiro atoms. The van der Waals surface area contributed by atoms with Crippen molar-refractivity contribution >= 4 is 23.0 Å². The summed E-state index contributed by atoms with van der Waals surface area (Å²) in [6, 6.07) is 7.64. The monoisotopic (exact) mass is 456 g/mol. The number of rotatable bonds is 5. The zero-order valence-corrected chi connectivity index (χ0v) is 17.6. The van der Waals surface area contributed by atoms with Crippen molar-refractivity contribution in [3.05, 3.63) is 66.1 Å². The van der Waals surface area contributed by atoms with E-state index in [0.717, 1.165) is 12.1 Å². The number of hydrogen-bond acceptors (Lipinski definition) is 6. The normalized spacial score (nSPS) is 18.2. The molecule has 1 aliphatic rings. The molecule has 10 heteroatoms. The number of hydrogen-bond donors (Lipinski definition) is 3. The number of pyridine rings is 2. The van der Waals surface area contributed by atoms with E-state index in [9.17, 15) is 18.0 Å².